The molecule has 0 nitrogen and oxygen atoms in total. The first-order chi connectivity index (χ1) is 7.02. The maximum absolute atomic E-state index is 9.75. The van der Waals surface area contributed by atoms with Gasteiger partial charge in [0.25, 0.3) is 0 Å². The predicted molar refractivity (Wildman–Crippen MR) is 61.4 cm³/mol. The van der Waals surface area contributed by atoms with Crippen molar-refractivity contribution in [3.8, 4) is 0 Å². The molecule has 0 aromatic carbocycles. The maximum Gasteiger partial charge on any atom is 0.673 e. The van der Waals surface area contributed by atoms with Crippen LogP contribution in [0, 0.1) is 6.92 Å². The summed E-state index contributed by atoms with van der Waals surface area (Å²) < 4.78 is 39.0. The Morgan fingerprint density at radius 1 is 1.19 bits per heavy atom. The van der Waals surface area contributed by atoms with Crippen LogP contribution in [0.3, 0.4) is 0 Å². The fraction of sp³-hybridized carbons (Fsp3) is 0.500. The molecule has 92 valence electrons. The zero-order chi connectivity index (χ0) is 13.0. The van der Waals surface area contributed by atoms with Crippen LogP contribution in [-0.2, 0) is 5.41 Å². The Kier molecular flexibility index (Phi) is 5.70. The van der Waals surface area contributed by atoms with E-state index in [1.165, 1.54) is 11.1 Å². The molecule has 16 heavy (non-hydrogen) atoms. The van der Waals surface area contributed by atoms with Crippen molar-refractivity contribution in [3.05, 3.63) is 27.1 Å². The molecule has 0 aliphatic carbocycles. The minimum absolute atomic E-state index is 0.330. The van der Waals surface area contributed by atoms with Crippen molar-refractivity contribution >= 4 is 21.8 Å². The molecule has 0 saturated heterocycles. The molecule has 1 aromatic heterocycles. The zero-order valence-electron chi connectivity index (χ0n) is 9.73. The van der Waals surface area contributed by atoms with Crippen molar-refractivity contribution in [3.63, 3.8) is 0 Å². The summed E-state index contributed by atoms with van der Waals surface area (Å²) in [6.45, 7) is 9.02. The average Bonchev–Trinajstić information content (AvgIpc) is 1.99. The summed E-state index contributed by atoms with van der Waals surface area (Å²) in [5.41, 5.74) is 3.29. The van der Waals surface area contributed by atoms with E-state index in [1.807, 2.05) is 0 Å². The standard InChI is InChI=1S/C10H15Se.BF4/c1-8-5-6-11-7-9(8)10(2,3)4;2-1(3,4)5/h5-7H,1-4H3;/q+1;-1. The van der Waals surface area contributed by atoms with Gasteiger partial charge in [0, 0.05) is 0 Å². The first-order valence-corrected chi connectivity index (χ1v) is 6.73. The molecule has 0 spiro atoms. The third kappa shape index (κ3) is 7.88. The number of halogens is 4. The van der Waals surface area contributed by atoms with E-state index in [0.717, 1.165) is 0 Å². The molecule has 1 rings (SSSR count). The van der Waals surface area contributed by atoms with Crippen LogP contribution in [0.15, 0.2) is 15.9 Å². The van der Waals surface area contributed by atoms with Gasteiger partial charge in [-0.25, -0.2) is 0 Å². The zero-order valence-corrected chi connectivity index (χ0v) is 11.4. The molecule has 1 heterocycles. The van der Waals surface area contributed by atoms with Gasteiger partial charge in [-0.3, -0.25) is 0 Å². The van der Waals surface area contributed by atoms with Crippen LogP contribution >= 0.6 is 0 Å². The van der Waals surface area contributed by atoms with Gasteiger partial charge in [0.15, 0.2) is 0 Å². The van der Waals surface area contributed by atoms with Crippen LogP contribution < -0.4 is 0 Å². The first kappa shape index (κ1) is 15.7. The second kappa shape index (κ2) is 5.83. The molecule has 0 aliphatic heterocycles. The van der Waals surface area contributed by atoms with Crippen LogP contribution in [-0.4, -0.2) is 21.8 Å². The van der Waals surface area contributed by atoms with Gasteiger partial charge in [0.1, 0.15) is 0 Å². The molecular weight excluding hydrogens is 286 g/mol. The van der Waals surface area contributed by atoms with Crippen molar-refractivity contribution in [1.29, 1.82) is 0 Å². The minimum Gasteiger partial charge on any atom is -0.418 e. The van der Waals surface area contributed by atoms with Gasteiger partial charge in [-0.1, -0.05) is 0 Å². The van der Waals surface area contributed by atoms with Crippen molar-refractivity contribution in [1.82, 2.24) is 0 Å². The fourth-order valence-corrected chi connectivity index (χ4v) is 3.37. The van der Waals surface area contributed by atoms with Gasteiger partial charge in [0.2, 0.25) is 0 Å². The molecule has 1 aromatic rings. The molecule has 0 aliphatic rings. The van der Waals surface area contributed by atoms with E-state index >= 15 is 0 Å². The summed E-state index contributed by atoms with van der Waals surface area (Å²) in [5, 5.41) is 0. The summed E-state index contributed by atoms with van der Waals surface area (Å²) in [4.78, 5) is 4.67. The van der Waals surface area contributed by atoms with E-state index < -0.39 is 7.25 Å². The Balaban J connectivity index is 0.000000385. The number of hydrogen-bond acceptors (Lipinski definition) is 0. The van der Waals surface area contributed by atoms with Gasteiger partial charge < -0.3 is 17.3 Å². The number of aryl methyl sites for hydroxylation is 1. The van der Waals surface area contributed by atoms with Crippen molar-refractivity contribution in [2.75, 3.05) is 0 Å². The maximum atomic E-state index is 9.75. The van der Waals surface area contributed by atoms with Crippen LogP contribution in [0.2, 0.25) is 0 Å². The second-order valence-corrected chi connectivity index (χ2v) is 6.03. The molecule has 0 N–H and O–H groups in total. The molecular formula is C10H15BF4Se. The molecule has 0 radical (unpaired) electrons. The summed E-state index contributed by atoms with van der Waals surface area (Å²) >= 11 is 0.599. The molecule has 0 fully saturated rings. The van der Waals surface area contributed by atoms with Gasteiger partial charge in [-0.15, -0.1) is 0 Å². The Labute approximate surface area is 99.5 Å². The third-order valence-corrected chi connectivity index (χ3v) is 3.21. The Morgan fingerprint density at radius 3 is 1.88 bits per heavy atom. The molecule has 0 atom stereocenters. The number of hydrogen-bond donors (Lipinski definition) is 0. The second-order valence-electron chi connectivity index (χ2n) is 4.40. The summed E-state index contributed by atoms with van der Waals surface area (Å²) in [5.74, 6) is 0. The minimum atomic E-state index is -6.00. The quantitative estimate of drug-likeness (QED) is 0.387. The normalized spacial score (nSPS) is 11.8. The average molecular weight is 301 g/mol. The molecule has 0 saturated carbocycles. The van der Waals surface area contributed by atoms with E-state index in [-0.39, 0.29) is 0 Å². The number of rotatable bonds is 0. The summed E-state index contributed by atoms with van der Waals surface area (Å²) in [6, 6.07) is 2.25. The smallest absolute Gasteiger partial charge is 0.418 e. The molecule has 0 unspecified atom stereocenters. The first-order valence-electron chi connectivity index (χ1n) is 4.75. The predicted octanol–water partition coefficient (Wildman–Crippen LogP) is 3.93. The van der Waals surface area contributed by atoms with Crippen LogP contribution in [0.1, 0.15) is 31.9 Å². The van der Waals surface area contributed by atoms with Gasteiger partial charge in [-0.05, 0) is 0 Å². The van der Waals surface area contributed by atoms with Crippen LogP contribution in [0.25, 0.3) is 0 Å². The van der Waals surface area contributed by atoms with Crippen molar-refractivity contribution in [2.24, 2.45) is 0 Å². The van der Waals surface area contributed by atoms with Gasteiger partial charge in [0.05, 0.1) is 0 Å². The topological polar surface area (TPSA) is 0 Å². The third-order valence-electron chi connectivity index (χ3n) is 1.82. The van der Waals surface area contributed by atoms with E-state index in [9.17, 15) is 17.3 Å². The van der Waals surface area contributed by atoms with E-state index in [0.29, 0.717) is 19.9 Å². The van der Waals surface area contributed by atoms with Crippen LogP contribution in [0.4, 0.5) is 17.3 Å². The van der Waals surface area contributed by atoms with Crippen molar-refractivity contribution in [2.45, 2.75) is 33.1 Å². The SMILES string of the molecule is Cc1cc[se][cH+]c1C(C)(C)C.F[B-](F)(F)F. The van der Waals surface area contributed by atoms with Crippen molar-refractivity contribution < 1.29 is 17.3 Å². The van der Waals surface area contributed by atoms with E-state index in [4.69, 9.17) is 0 Å². The Morgan fingerprint density at radius 2 is 1.62 bits per heavy atom. The van der Waals surface area contributed by atoms with Gasteiger partial charge in [-0.2, -0.15) is 0 Å². The fourth-order valence-electron chi connectivity index (χ4n) is 1.20. The van der Waals surface area contributed by atoms with E-state index in [1.54, 1.807) is 0 Å². The Bertz CT molecular complexity index is 324. The van der Waals surface area contributed by atoms with E-state index in [2.05, 4.69) is 43.6 Å². The molecule has 6 heteroatoms. The molecule has 0 bridgehead atoms. The monoisotopic (exact) mass is 302 g/mol. The summed E-state index contributed by atoms with van der Waals surface area (Å²) in [6.07, 6.45) is 0. The Hall–Kier alpha value is -0.346. The van der Waals surface area contributed by atoms with Crippen LogP contribution in [0.5, 0.6) is 0 Å². The largest absolute Gasteiger partial charge is 0.673 e. The van der Waals surface area contributed by atoms with Gasteiger partial charge >= 0.3 is 81.9 Å². The summed E-state index contributed by atoms with van der Waals surface area (Å²) in [7, 11) is -6.00. The molecule has 0 amide bonds.